The number of aromatic nitrogens is 1. The summed E-state index contributed by atoms with van der Waals surface area (Å²) in [5, 5.41) is 1.05. The minimum Gasteiger partial charge on any atom is -0.455 e. The highest BCUT2D eigenvalue weighted by Crippen LogP contribution is 2.40. The van der Waals surface area contributed by atoms with Crippen LogP contribution < -0.4 is 5.56 Å². The first-order valence-corrected chi connectivity index (χ1v) is 8.44. The van der Waals surface area contributed by atoms with Crippen molar-refractivity contribution in [3.63, 3.8) is 0 Å². The van der Waals surface area contributed by atoms with E-state index < -0.39 is 0 Å². The van der Waals surface area contributed by atoms with Crippen LogP contribution in [0.1, 0.15) is 19.9 Å². The van der Waals surface area contributed by atoms with E-state index >= 15 is 0 Å². The summed E-state index contributed by atoms with van der Waals surface area (Å²) in [6.45, 7) is 4.02. The van der Waals surface area contributed by atoms with Gasteiger partial charge in [0.25, 0.3) is 5.56 Å². The van der Waals surface area contributed by atoms with Crippen LogP contribution in [0.3, 0.4) is 0 Å². The molecule has 0 fully saturated rings. The van der Waals surface area contributed by atoms with E-state index in [9.17, 15) is 4.79 Å². The monoisotopic (exact) mass is 329 g/mol. The predicted octanol–water partition coefficient (Wildman–Crippen LogP) is 5.51. The van der Waals surface area contributed by atoms with Gasteiger partial charge in [0.05, 0.1) is 0 Å². The fourth-order valence-electron chi connectivity index (χ4n) is 3.18. The lowest BCUT2D eigenvalue weighted by Crippen LogP contribution is -2.20. The van der Waals surface area contributed by atoms with Gasteiger partial charge in [-0.05, 0) is 26.0 Å². The van der Waals surface area contributed by atoms with Gasteiger partial charge in [0.15, 0.2) is 0 Å². The lowest BCUT2D eigenvalue weighted by Gasteiger charge is -2.12. The second-order valence-electron chi connectivity index (χ2n) is 6.43. The third-order valence-electron chi connectivity index (χ3n) is 4.41. The maximum absolute atomic E-state index is 12.1. The van der Waals surface area contributed by atoms with Gasteiger partial charge in [-0.15, -0.1) is 0 Å². The van der Waals surface area contributed by atoms with Crippen LogP contribution in [-0.2, 0) is 0 Å². The van der Waals surface area contributed by atoms with Crippen LogP contribution in [0.4, 0.5) is 0 Å². The Labute approximate surface area is 146 Å². The van der Waals surface area contributed by atoms with Crippen LogP contribution in [-0.4, -0.2) is 4.57 Å². The molecule has 0 saturated heterocycles. The number of furan rings is 1. The molecule has 25 heavy (non-hydrogen) atoms. The number of fused-ring (bicyclic) bond motifs is 1. The van der Waals surface area contributed by atoms with Gasteiger partial charge in [0.1, 0.15) is 11.3 Å². The zero-order valence-corrected chi connectivity index (χ0v) is 14.3. The summed E-state index contributed by atoms with van der Waals surface area (Å²) in [6, 6.07) is 21.7. The fraction of sp³-hybridized carbons (Fsp3) is 0.136. The van der Waals surface area contributed by atoms with Gasteiger partial charge >= 0.3 is 0 Å². The topological polar surface area (TPSA) is 35.1 Å². The van der Waals surface area contributed by atoms with E-state index in [4.69, 9.17) is 4.42 Å². The molecule has 0 unspecified atom stereocenters. The molecule has 2 aromatic heterocycles. The van der Waals surface area contributed by atoms with E-state index in [1.807, 2.05) is 74.6 Å². The highest BCUT2D eigenvalue weighted by molar-refractivity contribution is 6.01. The van der Waals surface area contributed by atoms with E-state index in [1.165, 1.54) is 0 Å². The summed E-state index contributed by atoms with van der Waals surface area (Å²) in [5.41, 5.74) is 3.88. The molecule has 2 aromatic carbocycles. The van der Waals surface area contributed by atoms with Crippen molar-refractivity contribution in [3.8, 4) is 22.5 Å². The normalized spacial score (nSPS) is 11.3. The molecule has 0 saturated carbocycles. The minimum atomic E-state index is 0.00723. The highest BCUT2D eigenvalue weighted by Gasteiger charge is 2.18. The van der Waals surface area contributed by atoms with E-state index in [1.54, 1.807) is 10.6 Å². The van der Waals surface area contributed by atoms with Gasteiger partial charge in [-0.1, -0.05) is 48.5 Å². The molecule has 0 aliphatic heterocycles. The van der Waals surface area contributed by atoms with Gasteiger partial charge in [0.2, 0.25) is 0 Å². The Kier molecular flexibility index (Phi) is 3.77. The van der Waals surface area contributed by atoms with Crippen molar-refractivity contribution >= 4 is 11.0 Å². The van der Waals surface area contributed by atoms with Crippen LogP contribution in [0.25, 0.3) is 33.4 Å². The Morgan fingerprint density at radius 1 is 0.840 bits per heavy atom. The van der Waals surface area contributed by atoms with Crippen molar-refractivity contribution in [3.05, 3.63) is 83.3 Å². The predicted molar refractivity (Wildman–Crippen MR) is 102 cm³/mol. The standard InChI is InChI=1S/C22H19NO2/c1-15(2)23-14-17(12-13-20(23)24)21-18-10-6-7-11-19(18)25-22(21)16-8-4-3-5-9-16/h3-15H,1-2H3. The zero-order valence-electron chi connectivity index (χ0n) is 14.3. The first-order valence-electron chi connectivity index (χ1n) is 8.44. The Morgan fingerprint density at radius 2 is 1.56 bits per heavy atom. The SMILES string of the molecule is CC(C)n1cc(-c2c(-c3ccccc3)oc3ccccc23)ccc1=O. The van der Waals surface area contributed by atoms with E-state index in [0.29, 0.717) is 0 Å². The first-order chi connectivity index (χ1) is 12.1. The molecular formula is C22H19NO2. The molecule has 4 aromatic rings. The number of hydrogen-bond donors (Lipinski definition) is 0. The van der Waals surface area contributed by atoms with E-state index in [2.05, 4.69) is 6.07 Å². The molecular weight excluding hydrogens is 310 g/mol. The zero-order chi connectivity index (χ0) is 17.4. The van der Waals surface area contributed by atoms with Gasteiger partial charge < -0.3 is 8.98 Å². The molecule has 0 radical (unpaired) electrons. The minimum absolute atomic E-state index is 0.00723. The molecule has 124 valence electrons. The van der Waals surface area contributed by atoms with Crippen molar-refractivity contribution in [2.24, 2.45) is 0 Å². The third-order valence-corrected chi connectivity index (χ3v) is 4.41. The smallest absolute Gasteiger partial charge is 0.250 e. The van der Waals surface area contributed by atoms with Crippen LogP contribution in [0.15, 0.2) is 82.1 Å². The van der Waals surface area contributed by atoms with Gasteiger partial charge in [-0.3, -0.25) is 4.79 Å². The maximum Gasteiger partial charge on any atom is 0.250 e. The summed E-state index contributed by atoms with van der Waals surface area (Å²) in [4.78, 5) is 12.1. The van der Waals surface area contributed by atoms with E-state index in [-0.39, 0.29) is 11.6 Å². The van der Waals surface area contributed by atoms with Crippen molar-refractivity contribution < 1.29 is 4.42 Å². The van der Waals surface area contributed by atoms with Crippen LogP contribution in [0, 0.1) is 0 Å². The number of pyridine rings is 1. The Morgan fingerprint density at radius 3 is 2.32 bits per heavy atom. The largest absolute Gasteiger partial charge is 0.455 e. The lowest BCUT2D eigenvalue weighted by atomic mass is 10.00. The lowest BCUT2D eigenvalue weighted by molar-refractivity contribution is 0.579. The summed E-state index contributed by atoms with van der Waals surface area (Å²) in [6.07, 6.45) is 1.93. The van der Waals surface area contributed by atoms with E-state index in [0.717, 1.165) is 33.4 Å². The molecule has 0 atom stereocenters. The average Bonchev–Trinajstić information content (AvgIpc) is 3.02. The summed E-state index contributed by atoms with van der Waals surface area (Å²) in [5.74, 6) is 0.829. The third kappa shape index (κ3) is 2.68. The number of rotatable bonds is 3. The molecule has 0 N–H and O–H groups in total. The number of benzene rings is 2. The second kappa shape index (κ2) is 6.10. The Balaban J connectivity index is 2.04. The number of nitrogens with zero attached hydrogens (tertiary/aromatic N) is 1. The quantitative estimate of drug-likeness (QED) is 0.497. The molecule has 3 heteroatoms. The molecule has 0 spiro atoms. The van der Waals surface area contributed by atoms with Crippen molar-refractivity contribution in [1.29, 1.82) is 0 Å². The molecule has 0 bridgehead atoms. The van der Waals surface area contributed by atoms with Gasteiger partial charge in [-0.25, -0.2) is 0 Å². The number of hydrogen-bond acceptors (Lipinski definition) is 2. The molecule has 0 aliphatic rings. The van der Waals surface area contributed by atoms with Crippen molar-refractivity contribution in [2.45, 2.75) is 19.9 Å². The summed E-state index contributed by atoms with van der Waals surface area (Å²) >= 11 is 0. The Bertz CT molecular complexity index is 1090. The molecule has 4 rings (SSSR count). The maximum atomic E-state index is 12.1. The van der Waals surface area contributed by atoms with Gasteiger partial charge in [0, 0.05) is 40.4 Å². The fourth-order valence-corrected chi connectivity index (χ4v) is 3.18. The number of para-hydroxylation sites is 1. The summed E-state index contributed by atoms with van der Waals surface area (Å²) < 4.78 is 7.94. The highest BCUT2D eigenvalue weighted by atomic mass is 16.3. The molecule has 2 heterocycles. The summed E-state index contributed by atoms with van der Waals surface area (Å²) in [7, 11) is 0. The molecule has 0 amide bonds. The van der Waals surface area contributed by atoms with Crippen molar-refractivity contribution in [2.75, 3.05) is 0 Å². The van der Waals surface area contributed by atoms with Crippen LogP contribution in [0.5, 0.6) is 0 Å². The Hall–Kier alpha value is -3.07. The second-order valence-corrected chi connectivity index (χ2v) is 6.43. The van der Waals surface area contributed by atoms with Crippen LogP contribution in [0.2, 0.25) is 0 Å². The van der Waals surface area contributed by atoms with Crippen LogP contribution >= 0.6 is 0 Å². The van der Waals surface area contributed by atoms with Gasteiger partial charge in [-0.2, -0.15) is 0 Å². The average molecular weight is 329 g/mol. The van der Waals surface area contributed by atoms with Crippen molar-refractivity contribution in [1.82, 2.24) is 4.57 Å². The first kappa shape index (κ1) is 15.5. The molecule has 0 aliphatic carbocycles. The molecule has 3 nitrogen and oxygen atoms in total.